The minimum absolute atomic E-state index is 0.272. The van der Waals surface area contributed by atoms with Crippen molar-refractivity contribution in [3.63, 3.8) is 0 Å². The fraction of sp³-hybridized carbons (Fsp3) is 0.588. The van der Waals surface area contributed by atoms with Crippen LogP contribution in [0, 0.1) is 5.92 Å². The van der Waals surface area contributed by atoms with Crippen LogP contribution >= 0.6 is 0 Å². The Kier molecular flexibility index (Phi) is 3.56. The Morgan fingerprint density at radius 2 is 1.95 bits per heavy atom. The summed E-state index contributed by atoms with van der Waals surface area (Å²) in [5, 5.41) is 8.64. The molecule has 4 rings (SSSR count). The number of piperidine rings is 1. The molecule has 0 N–H and O–H groups in total. The molecule has 0 aromatic carbocycles. The van der Waals surface area contributed by atoms with Crippen molar-refractivity contribution in [2.45, 2.75) is 44.4 Å². The predicted octanol–water partition coefficient (Wildman–Crippen LogP) is 2.63. The predicted molar refractivity (Wildman–Crippen MR) is 83.5 cm³/mol. The number of amides is 1. The van der Waals surface area contributed by atoms with E-state index in [-0.39, 0.29) is 5.92 Å². The molecule has 2 fully saturated rings. The molecule has 116 valence electrons. The first-order chi connectivity index (χ1) is 10.8. The van der Waals surface area contributed by atoms with Gasteiger partial charge in [-0.1, -0.05) is 18.9 Å². The SMILES string of the molecule is O=C(C1CCCC1)N1CCC[C@@H](c2nnc3ccccn23)C1. The van der Waals surface area contributed by atoms with Crippen LogP contribution in [0.2, 0.25) is 0 Å². The van der Waals surface area contributed by atoms with Crippen molar-refractivity contribution in [1.29, 1.82) is 0 Å². The monoisotopic (exact) mass is 298 g/mol. The first kappa shape index (κ1) is 13.7. The fourth-order valence-corrected chi connectivity index (χ4v) is 3.96. The first-order valence-corrected chi connectivity index (χ1v) is 8.41. The summed E-state index contributed by atoms with van der Waals surface area (Å²) in [6.45, 7) is 1.70. The van der Waals surface area contributed by atoms with Gasteiger partial charge in [-0.05, 0) is 37.8 Å². The van der Waals surface area contributed by atoms with Crippen LogP contribution in [0.4, 0.5) is 0 Å². The Balaban J connectivity index is 1.54. The summed E-state index contributed by atoms with van der Waals surface area (Å²) in [5.41, 5.74) is 0.886. The molecule has 1 aliphatic carbocycles. The highest BCUT2D eigenvalue weighted by Gasteiger charge is 2.32. The van der Waals surface area contributed by atoms with Crippen LogP contribution in [0.3, 0.4) is 0 Å². The molecular formula is C17H22N4O. The van der Waals surface area contributed by atoms with Crippen LogP contribution < -0.4 is 0 Å². The fourth-order valence-electron chi connectivity index (χ4n) is 3.96. The minimum Gasteiger partial charge on any atom is -0.342 e. The molecule has 1 amide bonds. The normalized spacial score (nSPS) is 23.3. The van der Waals surface area contributed by atoms with Gasteiger partial charge in [-0.25, -0.2) is 0 Å². The molecule has 3 heterocycles. The largest absolute Gasteiger partial charge is 0.342 e. The second-order valence-electron chi connectivity index (χ2n) is 6.59. The molecule has 1 atom stereocenters. The zero-order valence-electron chi connectivity index (χ0n) is 12.8. The average Bonchev–Trinajstić information content (AvgIpc) is 3.24. The lowest BCUT2D eigenvalue weighted by Crippen LogP contribution is -2.42. The summed E-state index contributed by atoms with van der Waals surface area (Å²) < 4.78 is 2.06. The lowest BCUT2D eigenvalue weighted by atomic mass is 9.95. The molecule has 0 radical (unpaired) electrons. The molecule has 1 saturated heterocycles. The number of hydrogen-bond acceptors (Lipinski definition) is 3. The number of pyridine rings is 1. The topological polar surface area (TPSA) is 50.5 Å². The van der Waals surface area contributed by atoms with Crippen molar-refractivity contribution in [2.24, 2.45) is 5.92 Å². The Morgan fingerprint density at radius 3 is 2.82 bits per heavy atom. The number of carbonyl (C=O) groups excluding carboxylic acids is 1. The minimum atomic E-state index is 0.272. The van der Waals surface area contributed by atoms with E-state index in [4.69, 9.17) is 0 Å². The van der Waals surface area contributed by atoms with E-state index in [0.717, 1.165) is 50.2 Å². The van der Waals surface area contributed by atoms with E-state index in [2.05, 4.69) is 19.5 Å². The number of carbonyl (C=O) groups is 1. The van der Waals surface area contributed by atoms with Gasteiger partial charge in [0.2, 0.25) is 5.91 Å². The summed E-state index contributed by atoms with van der Waals surface area (Å²) in [4.78, 5) is 14.7. The van der Waals surface area contributed by atoms with Crippen molar-refractivity contribution in [3.8, 4) is 0 Å². The number of aromatic nitrogens is 3. The van der Waals surface area contributed by atoms with Crippen LogP contribution in [0.1, 0.15) is 50.3 Å². The van der Waals surface area contributed by atoms with Crippen LogP contribution in [-0.2, 0) is 4.79 Å². The molecule has 0 bridgehead atoms. The Morgan fingerprint density at radius 1 is 1.09 bits per heavy atom. The number of fused-ring (bicyclic) bond motifs is 1. The summed E-state index contributed by atoms with van der Waals surface area (Å²) in [6, 6.07) is 5.95. The van der Waals surface area contributed by atoms with E-state index in [1.807, 2.05) is 24.4 Å². The van der Waals surface area contributed by atoms with Gasteiger partial charge in [-0.3, -0.25) is 9.20 Å². The summed E-state index contributed by atoms with van der Waals surface area (Å²) in [6.07, 6.45) is 8.74. The number of hydrogen-bond donors (Lipinski definition) is 0. The molecule has 1 aliphatic heterocycles. The van der Waals surface area contributed by atoms with Gasteiger partial charge in [0, 0.05) is 31.1 Å². The number of nitrogens with zero attached hydrogens (tertiary/aromatic N) is 4. The average molecular weight is 298 g/mol. The maximum absolute atomic E-state index is 12.7. The molecule has 0 unspecified atom stereocenters. The van der Waals surface area contributed by atoms with Crippen molar-refractivity contribution in [3.05, 3.63) is 30.2 Å². The van der Waals surface area contributed by atoms with E-state index in [1.165, 1.54) is 12.8 Å². The Labute approximate surface area is 130 Å². The van der Waals surface area contributed by atoms with Crippen molar-refractivity contribution in [2.75, 3.05) is 13.1 Å². The zero-order valence-corrected chi connectivity index (χ0v) is 12.8. The van der Waals surface area contributed by atoms with Crippen LogP contribution in [0.15, 0.2) is 24.4 Å². The second-order valence-corrected chi connectivity index (χ2v) is 6.59. The van der Waals surface area contributed by atoms with E-state index in [1.54, 1.807) is 0 Å². The van der Waals surface area contributed by atoms with Gasteiger partial charge < -0.3 is 4.90 Å². The van der Waals surface area contributed by atoms with Crippen LogP contribution in [0.5, 0.6) is 0 Å². The quantitative estimate of drug-likeness (QED) is 0.856. The first-order valence-electron chi connectivity index (χ1n) is 8.41. The molecule has 1 saturated carbocycles. The Bertz CT molecular complexity index is 674. The molecule has 2 aromatic rings. The van der Waals surface area contributed by atoms with Crippen LogP contribution in [0.25, 0.3) is 5.65 Å². The third-order valence-corrected chi connectivity index (χ3v) is 5.14. The highest BCUT2D eigenvalue weighted by molar-refractivity contribution is 5.79. The molecule has 22 heavy (non-hydrogen) atoms. The van der Waals surface area contributed by atoms with Crippen molar-refractivity contribution in [1.82, 2.24) is 19.5 Å². The molecule has 5 nitrogen and oxygen atoms in total. The van der Waals surface area contributed by atoms with Crippen molar-refractivity contribution < 1.29 is 4.79 Å². The third-order valence-electron chi connectivity index (χ3n) is 5.14. The molecular weight excluding hydrogens is 276 g/mol. The summed E-state index contributed by atoms with van der Waals surface area (Å²) in [5.74, 6) is 1.95. The summed E-state index contributed by atoms with van der Waals surface area (Å²) >= 11 is 0. The van der Waals surface area contributed by atoms with Gasteiger partial charge in [0.15, 0.2) is 5.65 Å². The van der Waals surface area contributed by atoms with Crippen LogP contribution in [-0.4, -0.2) is 38.5 Å². The van der Waals surface area contributed by atoms with Gasteiger partial charge in [-0.15, -0.1) is 10.2 Å². The lowest BCUT2D eigenvalue weighted by molar-refractivity contribution is -0.136. The van der Waals surface area contributed by atoms with Gasteiger partial charge in [0.1, 0.15) is 5.82 Å². The van der Waals surface area contributed by atoms with Gasteiger partial charge in [0.25, 0.3) is 0 Å². The van der Waals surface area contributed by atoms with E-state index >= 15 is 0 Å². The highest BCUT2D eigenvalue weighted by atomic mass is 16.2. The second kappa shape index (κ2) is 5.71. The zero-order chi connectivity index (χ0) is 14.9. The van der Waals surface area contributed by atoms with E-state index in [0.29, 0.717) is 11.8 Å². The van der Waals surface area contributed by atoms with E-state index < -0.39 is 0 Å². The molecule has 2 aromatic heterocycles. The number of likely N-dealkylation sites (tertiary alicyclic amines) is 1. The highest BCUT2D eigenvalue weighted by Crippen LogP contribution is 2.31. The molecule has 2 aliphatic rings. The number of rotatable bonds is 2. The van der Waals surface area contributed by atoms with Gasteiger partial charge in [0.05, 0.1) is 0 Å². The molecule has 5 heteroatoms. The maximum atomic E-state index is 12.7. The molecule has 0 spiro atoms. The maximum Gasteiger partial charge on any atom is 0.225 e. The van der Waals surface area contributed by atoms with Gasteiger partial charge in [-0.2, -0.15) is 0 Å². The smallest absolute Gasteiger partial charge is 0.225 e. The Hall–Kier alpha value is -1.91. The standard InChI is InChI=1S/C17H22N4O/c22-17(13-6-1-2-7-13)20-10-5-8-14(12-20)16-19-18-15-9-3-4-11-21(15)16/h3-4,9,11,13-14H,1-2,5-8,10,12H2/t14-/m1/s1. The van der Waals surface area contributed by atoms with Crippen molar-refractivity contribution >= 4 is 11.6 Å². The third kappa shape index (κ3) is 2.38. The summed E-state index contributed by atoms with van der Waals surface area (Å²) in [7, 11) is 0. The van der Waals surface area contributed by atoms with Gasteiger partial charge >= 0.3 is 0 Å². The lowest BCUT2D eigenvalue weighted by Gasteiger charge is -2.33. The van der Waals surface area contributed by atoms with E-state index in [9.17, 15) is 4.79 Å².